The van der Waals surface area contributed by atoms with E-state index in [2.05, 4.69) is 62.9 Å². The SMILES string of the molecule is O=C(NCCN1CCN(c2cccc3ccccc23)CC1)Nc1cccc(Cl)c1. The molecule has 4 rings (SSSR count). The van der Waals surface area contributed by atoms with Crippen LogP contribution >= 0.6 is 11.6 Å². The predicted octanol–water partition coefficient (Wildman–Crippen LogP) is 4.44. The lowest BCUT2D eigenvalue weighted by Crippen LogP contribution is -2.48. The van der Waals surface area contributed by atoms with Gasteiger partial charge in [-0.1, -0.05) is 54.1 Å². The van der Waals surface area contributed by atoms with Gasteiger partial charge >= 0.3 is 6.03 Å². The molecular weight excluding hydrogens is 384 g/mol. The van der Waals surface area contributed by atoms with Crippen LogP contribution < -0.4 is 15.5 Å². The summed E-state index contributed by atoms with van der Waals surface area (Å²) in [5.41, 5.74) is 2.00. The predicted molar refractivity (Wildman–Crippen MR) is 121 cm³/mol. The first-order valence-electron chi connectivity index (χ1n) is 9.94. The number of urea groups is 1. The third kappa shape index (κ3) is 5.00. The summed E-state index contributed by atoms with van der Waals surface area (Å²) in [5, 5.41) is 8.91. The van der Waals surface area contributed by atoms with Crippen molar-refractivity contribution in [3.8, 4) is 0 Å². The minimum absolute atomic E-state index is 0.207. The number of piperazine rings is 1. The van der Waals surface area contributed by atoms with Crippen LogP contribution in [-0.4, -0.2) is 50.2 Å². The van der Waals surface area contributed by atoms with Crippen LogP contribution in [0.25, 0.3) is 10.8 Å². The van der Waals surface area contributed by atoms with Gasteiger partial charge in [-0.2, -0.15) is 0 Å². The van der Waals surface area contributed by atoms with Crippen LogP contribution in [0.1, 0.15) is 0 Å². The number of amides is 2. The normalized spacial score (nSPS) is 14.7. The topological polar surface area (TPSA) is 47.6 Å². The van der Waals surface area contributed by atoms with Crippen LogP contribution in [0.2, 0.25) is 5.02 Å². The number of halogens is 1. The fourth-order valence-corrected chi connectivity index (χ4v) is 3.96. The quantitative estimate of drug-likeness (QED) is 0.656. The molecule has 0 radical (unpaired) electrons. The summed E-state index contributed by atoms with van der Waals surface area (Å²) >= 11 is 5.94. The van der Waals surface area contributed by atoms with Gasteiger partial charge in [0.05, 0.1) is 0 Å². The van der Waals surface area contributed by atoms with Crippen molar-refractivity contribution in [1.29, 1.82) is 0 Å². The molecule has 1 heterocycles. The molecule has 1 saturated heterocycles. The molecule has 2 N–H and O–H groups in total. The smallest absolute Gasteiger partial charge is 0.319 e. The Hall–Kier alpha value is -2.76. The molecule has 1 aliphatic rings. The molecule has 0 spiro atoms. The molecule has 6 heteroatoms. The molecule has 1 fully saturated rings. The average molecular weight is 409 g/mol. The highest BCUT2D eigenvalue weighted by Crippen LogP contribution is 2.27. The van der Waals surface area contributed by atoms with Crippen molar-refractivity contribution < 1.29 is 4.79 Å². The van der Waals surface area contributed by atoms with E-state index in [1.807, 2.05) is 12.1 Å². The van der Waals surface area contributed by atoms with Crippen LogP contribution in [0.5, 0.6) is 0 Å². The Balaban J connectivity index is 1.23. The number of nitrogens with one attached hydrogen (secondary N) is 2. The highest BCUT2D eigenvalue weighted by molar-refractivity contribution is 6.30. The van der Waals surface area contributed by atoms with Crippen LogP contribution in [0, 0.1) is 0 Å². The number of rotatable bonds is 5. The van der Waals surface area contributed by atoms with Crippen molar-refractivity contribution in [2.75, 3.05) is 49.5 Å². The zero-order valence-corrected chi connectivity index (χ0v) is 17.0. The Labute approximate surface area is 176 Å². The number of fused-ring (bicyclic) bond motifs is 1. The second-order valence-corrected chi connectivity index (χ2v) is 7.65. The first-order valence-corrected chi connectivity index (χ1v) is 10.3. The summed E-state index contributed by atoms with van der Waals surface area (Å²) in [7, 11) is 0. The highest BCUT2D eigenvalue weighted by atomic mass is 35.5. The van der Waals surface area contributed by atoms with E-state index < -0.39 is 0 Å². The standard InChI is InChI=1S/C23H25ClN4O/c24-19-7-4-8-20(17-19)26-23(29)25-11-12-27-13-15-28(16-14-27)22-10-3-6-18-5-1-2-9-21(18)22/h1-10,17H,11-16H2,(H2,25,26,29). The van der Waals surface area contributed by atoms with E-state index in [1.54, 1.807) is 12.1 Å². The molecule has 0 bridgehead atoms. The Bertz CT molecular complexity index is 980. The van der Waals surface area contributed by atoms with Crippen LogP contribution in [0.4, 0.5) is 16.2 Å². The number of benzene rings is 3. The summed E-state index contributed by atoms with van der Waals surface area (Å²) < 4.78 is 0. The van der Waals surface area contributed by atoms with E-state index in [0.717, 1.165) is 32.7 Å². The van der Waals surface area contributed by atoms with E-state index in [1.165, 1.54) is 16.5 Å². The fourth-order valence-electron chi connectivity index (χ4n) is 3.77. The van der Waals surface area contributed by atoms with Crippen molar-refractivity contribution in [3.05, 3.63) is 71.8 Å². The maximum absolute atomic E-state index is 12.0. The molecule has 0 aliphatic carbocycles. The second kappa shape index (κ2) is 9.16. The van der Waals surface area contributed by atoms with Gasteiger partial charge in [0, 0.05) is 61.1 Å². The summed E-state index contributed by atoms with van der Waals surface area (Å²) in [4.78, 5) is 16.9. The Morgan fingerprint density at radius 1 is 0.931 bits per heavy atom. The third-order valence-corrected chi connectivity index (χ3v) is 5.51. The number of carbonyl (C=O) groups excluding carboxylic acids is 1. The van der Waals surface area contributed by atoms with Gasteiger partial charge in [-0.3, -0.25) is 4.90 Å². The molecule has 150 valence electrons. The molecule has 5 nitrogen and oxygen atoms in total. The maximum Gasteiger partial charge on any atom is 0.319 e. The first-order chi connectivity index (χ1) is 14.2. The molecule has 0 aromatic heterocycles. The van der Waals surface area contributed by atoms with Gasteiger partial charge < -0.3 is 15.5 Å². The summed E-state index contributed by atoms with van der Waals surface area (Å²) in [6, 6.07) is 22.0. The van der Waals surface area contributed by atoms with Crippen molar-refractivity contribution in [2.45, 2.75) is 0 Å². The maximum atomic E-state index is 12.0. The summed E-state index contributed by atoms with van der Waals surface area (Å²) in [5.74, 6) is 0. The number of carbonyl (C=O) groups is 1. The van der Waals surface area contributed by atoms with Gasteiger partial charge in [-0.15, -0.1) is 0 Å². The van der Waals surface area contributed by atoms with E-state index in [0.29, 0.717) is 17.3 Å². The van der Waals surface area contributed by atoms with E-state index in [4.69, 9.17) is 11.6 Å². The molecule has 3 aromatic carbocycles. The van der Waals surface area contributed by atoms with Crippen molar-refractivity contribution in [3.63, 3.8) is 0 Å². The molecule has 3 aromatic rings. The molecule has 0 unspecified atom stereocenters. The largest absolute Gasteiger partial charge is 0.368 e. The Morgan fingerprint density at radius 2 is 1.69 bits per heavy atom. The van der Waals surface area contributed by atoms with Gasteiger partial charge in [-0.05, 0) is 29.7 Å². The number of hydrogen-bond acceptors (Lipinski definition) is 3. The van der Waals surface area contributed by atoms with Gasteiger partial charge in [0.25, 0.3) is 0 Å². The Kier molecular flexibility index (Phi) is 6.17. The van der Waals surface area contributed by atoms with Crippen molar-refractivity contribution in [1.82, 2.24) is 10.2 Å². The highest BCUT2D eigenvalue weighted by Gasteiger charge is 2.18. The lowest BCUT2D eigenvalue weighted by molar-refractivity contribution is 0.240. The molecule has 0 saturated carbocycles. The van der Waals surface area contributed by atoms with Crippen LogP contribution in [-0.2, 0) is 0 Å². The lowest BCUT2D eigenvalue weighted by atomic mass is 10.1. The fraction of sp³-hybridized carbons (Fsp3) is 0.261. The monoisotopic (exact) mass is 408 g/mol. The van der Waals surface area contributed by atoms with Crippen LogP contribution in [0.3, 0.4) is 0 Å². The number of anilines is 2. The molecule has 2 amide bonds. The lowest BCUT2D eigenvalue weighted by Gasteiger charge is -2.36. The van der Waals surface area contributed by atoms with E-state index >= 15 is 0 Å². The Morgan fingerprint density at radius 3 is 2.52 bits per heavy atom. The summed E-state index contributed by atoms with van der Waals surface area (Å²) in [6.07, 6.45) is 0. The minimum atomic E-state index is -0.207. The first kappa shape index (κ1) is 19.6. The van der Waals surface area contributed by atoms with Gasteiger partial charge in [-0.25, -0.2) is 4.79 Å². The molecular formula is C23H25ClN4O. The summed E-state index contributed by atoms with van der Waals surface area (Å²) in [6.45, 7) is 5.40. The number of hydrogen-bond donors (Lipinski definition) is 2. The number of nitrogens with zero attached hydrogens (tertiary/aromatic N) is 2. The second-order valence-electron chi connectivity index (χ2n) is 7.22. The minimum Gasteiger partial charge on any atom is -0.368 e. The van der Waals surface area contributed by atoms with E-state index in [-0.39, 0.29) is 6.03 Å². The zero-order chi connectivity index (χ0) is 20.1. The van der Waals surface area contributed by atoms with E-state index in [9.17, 15) is 4.79 Å². The van der Waals surface area contributed by atoms with Gasteiger partial charge in [0.2, 0.25) is 0 Å². The third-order valence-electron chi connectivity index (χ3n) is 5.28. The molecule has 29 heavy (non-hydrogen) atoms. The van der Waals surface area contributed by atoms with Crippen LogP contribution in [0.15, 0.2) is 66.7 Å². The van der Waals surface area contributed by atoms with Gasteiger partial charge in [0.1, 0.15) is 0 Å². The zero-order valence-electron chi connectivity index (χ0n) is 16.3. The van der Waals surface area contributed by atoms with Gasteiger partial charge in [0.15, 0.2) is 0 Å². The molecule has 1 aliphatic heterocycles. The average Bonchev–Trinajstić information content (AvgIpc) is 2.74. The molecule has 0 atom stereocenters. The van der Waals surface area contributed by atoms with Crippen molar-refractivity contribution in [2.24, 2.45) is 0 Å². The van der Waals surface area contributed by atoms with Crippen molar-refractivity contribution >= 4 is 39.8 Å².